The van der Waals surface area contributed by atoms with Crippen LogP contribution in [0, 0.1) is 0 Å². The molecule has 6 nitrogen and oxygen atoms in total. The number of aromatic amines is 1. The molecule has 3 heterocycles. The summed E-state index contributed by atoms with van der Waals surface area (Å²) >= 11 is 3.49. The van der Waals surface area contributed by atoms with E-state index in [2.05, 4.69) is 26.2 Å². The molecule has 142 valence electrons. The number of anilines is 1. The SMILES string of the molecule is CC1CCc2c([nH]c3ccccc23)C2(N1)C(=O)N(C(=O)O)c1ccc(Br)cc12. The number of aryl methyl sites for hydroxylation is 1. The van der Waals surface area contributed by atoms with Gasteiger partial charge in [0.05, 0.1) is 11.4 Å². The third-order valence-electron chi connectivity index (χ3n) is 5.80. The number of imide groups is 1. The number of para-hydroxylation sites is 1. The number of carboxylic acid groups (broad SMARTS) is 1. The number of H-pyrrole nitrogens is 1. The Morgan fingerprint density at radius 1 is 1.29 bits per heavy atom. The number of amides is 2. The fourth-order valence-corrected chi connectivity index (χ4v) is 4.98. The third kappa shape index (κ3) is 2.17. The minimum atomic E-state index is -1.28. The smallest absolute Gasteiger partial charge is 0.418 e. The topological polar surface area (TPSA) is 85.4 Å². The van der Waals surface area contributed by atoms with Crippen LogP contribution in [0.2, 0.25) is 0 Å². The standard InChI is InChI=1S/C21H18BrN3O3/c1-11-6-8-14-13-4-2-3-5-16(13)23-18(14)21(24-11)15-10-12(22)7-9-17(15)25(19(21)26)20(27)28/h2-5,7,9-11,23-24H,6,8H2,1H3,(H,27,28). The number of fused-ring (bicyclic) bond motifs is 6. The van der Waals surface area contributed by atoms with Crippen molar-refractivity contribution in [2.24, 2.45) is 0 Å². The number of rotatable bonds is 0. The van der Waals surface area contributed by atoms with Gasteiger partial charge in [-0.25, -0.2) is 9.69 Å². The van der Waals surface area contributed by atoms with E-state index in [0.717, 1.165) is 44.4 Å². The van der Waals surface area contributed by atoms with Crippen molar-refractivity contribution in [3.05, 3.63) is 63.8 Å². The van der Waals surface area contributed by atoms with Gasteiger partial charge in [-0.3, -0.25) is 10.1 Å². The monoisotopic (exact) mass is 439 g/mol. The zero-order valence-corrected chi connectivity index (χ0v) is 16.7. The molecule has 3 aromatic rings. The van der Waals surface area contributed by atoms with E-state index in [1.165, 1.54) is 0 Å². The van der Waals surface area contributed by atoms with Crippen LogP contribution in [0.4, 0.5) is 10.5 Å². The molecule has 28 heavy (non-hydrogen) atoms. The number of halogens is 1. The fraction of sp³-hybridized carbons (Fsp3) is 0.238. The van der Waals surface area contributed by atoms with E-state index in [0.29, 0.717) is 11.3 Å². The normalized spacial score (nSPS) is 23.7. The maximum absolute atomic E-state index is 13.7. The van der Waals surface area contributed by atoms with E-state index >= 15 is 0 Å². The van der Waals surface area contributed by atoms with Crippen LogP contribution in [0.3, 0.4) is 0 Å². The van der Waals surface area contributed by atoms with Gasteiger partial charge in [0.25, 0.3) is 5.91 Å². The highest BCUT2D eigenvalue weighted by molar-refractivity contribution is 9.10. The summed E-state index contributed by atoms with van der Waals surface area (Å²) in [6, 6.07) is 13.3. The molecular weight excluding hydrogens is 422 g/mol. The molecule has 1 spiro atoms. The lowest BCUT2D eigenvalue weighted by atomic mass is 9.85. The lowest BCUT2D eigenvalue weighted by Gasteiger charge is -2.30. The summed E-state index contributed by atoms with van der Waals surface area (Å²) in [5.74, 6) is -0.491. The summed E-state index contributed by atoms with van der Waals surface area (Å²) in [6.45, 7) is 2.03. The lowest BCUT2D eigenvalue weighted by molar-refractivity contribution is -0.122. The molecule has 2 aliphatic rings. The van der Waals surface area contributed by atoms with Gasteiger partial charge in [0.1, 0.15) is 0 Å². The van der Waals surface area contributed by atoms with Crippen LogP contribution in [0.1, 0.15) is 30.2 Å². The first kappa shape index (κ1) is 17.5. The van der Waals surface area contributed by atoms with Gasteiger partial charge < -0.3 is 10.1 Å². The highest BCUT2D eigenvalue weighted by Crippen LogP contribution is 2.48. The highest BCUT2D eigenvalue weighted by Gasteiger charge is 2.57. The van der Waals surface area contributed by atoms with Crippen molar-refractivity contribution in [3.63, 3.8) is 0 Å². The Kier molecular flexibility index (Phi) is 3.70. The molecular formula is C21H18BrN3O3. The van der Waals surface area contributed by atoms with Gasteiger partial charge in [0.15, 0.2) is 5.54 Å². The largest absolute Gasteiger partial charge is 0.464 e. The first-order valence-electron chi connectivity index (χ1n) is 9.18. The third-order valence-corrected chi connectivity index (χ3v) is 6.29. The van der Waals surface area contributed by atoms with Crippen molar-refractivity contribution >= 4 is 44.5 Å². The summed E-state index contributed by atoms with van der Waals surface area (Å²) < 4.78 is 0.794. The van der Waals surface area contributed by atoms with Crippen LogP contribution in [-0.2, 0) is 16.8 Å². The molecule has 2 unspecified atom stereocenters. The first-order chi connectivity index (χ1) is 13.4. The minimum absolute atomic E-state index is 0.0316. The van der Waals surface area contributed by atoms with Crippen molar-refractivity contribution in [2.75, 3.05) is 4.90 Å². The zero-order chi connectivity index (χ0) is 19.6. The average molecular weight is 440 g/mol. The summed E-state index contributed by atoms with van der Waals surface area (Å²) in [5.41, 5.74) is 2.54. The molecule has 0 bridgehead atoms. The quantitative estimate of drug-likeness (QED) is 0.491. The molecule has 2 atom stereocenters. The summed E-state index contributed by atoms with van der Waals surface area (Å²) in [6.07, 6.45) is 0.376. The fourth-order valence-electron chi connectivity index (χ4n) is 4.62. The maximum Gasteiger partial charge on any atom is 0.418 e. The van der Waals surface area contributed by atoms with Crippen LogP contribution >= 0.6 is 15.9 Å². The molecule has 0 fully saturated rings. The van der Waals surface area contributed by atoms with Crippen LogP contribution < -0.4 is 10.2 Å². The molecule has 1 aromatic heterocycles. The molecule has 2 aliphatic heterocycles. The maximum atomic E-state index is 13.7. The van der Waals surface area contributed by atoms with Gasteiger partial charge in [0.2, 0.25) is 0 Å². The van der Waals surface area contributed by atoms with Crippen LogP contribution in [0.15, 0.2) is 46.9 Å². The number of nitrogens with zero attached hydrogens (tertiary/aromatic N) is 1. The van der Waals surface area contributed by atoms with Crippen molar-refractivity contribution in [2.45, 2.75) is 31.3 Å². The molecule has 5 rings (SSSR count). The Hall–Kier alpha value is -2.64. The van der Waals surface area contributed by atoms with Gasteiger partial charge >= 0.3 is 6.09 Å². The van der Waals surface area contributed by atoms with Crippen molar-refractivity contribution in [1.29, 1.82) is 0 Å². The molecule has 7 heteroatoms. The Bertz CT molecular complexity index is 1160. The van der Waals surface area contributed by atoms with Crippen LogP contribution in [-0.4, -0.2) is 28.1 Å². The van der Waals surface area contributed by atoms with E-state index in [9.17, 15) is 14.7 Å². The lowest BCUT2D eigenvalue weighted by Crippen LogP contribution is -2.55. The number of carbonyl (C=O) groups is 2. The first-order valence-corrected chi connectivity index (χ1v) is 9.98. The van der Waals surface area contributed by atoms with Gasteiger partial charge in [-0.2, -0.15) is 0 Å². The molecule has 2 amide bonds. The molecule has 0 saturated carbocycles. The Balaban J connectivity index is 1.89. The van der Waals surface area contributed by atoms with E-state index < -0.39 is 17.5 Å². The predicted octanol–water partition coefficient (Wildman–Crippen LogP) is 4.12. The second-order valence-electron chi connectivity index (χ2n) is 7.44. The van der Waals surface area contributed by atoms with E-state index in [1.54, 1.807) is 12.1 Å². The summed E-state index contributed by atoms with van der Waals surface area (Å²) in [5, 5.41) is 14.4. The minimum Gasteiger partial charge on any atom is -0.464 e. The summed E-state index contributed by atoms with van der Waals surface area (Å²) in [7, 11) is 0. The predicted molar refractivity (Wildman–Crippen MR) is 110 cm³/mol. The Morgan fingerprint density at radius 3 is 2.86 bits per heavy atom. The summed E-state index contributed by atoms with van der Waals surface area (Å²) in [4.78, 5) is 30.0. The van der Waals surface area contributed by atoms with Crippen molar-refractivity contribution in [3.8, 4) is 0 Å². The number of carbonyl (C=O) groups excluding carboxylic acids is 1. The Labute approximate surface area is 169 Å². The van der Waals surface area contributed by atoms with Crippen molar-refractivity contribution < 1.29 is 14.7 Å². The van der Waals surface area contributed by atoms with Gasteiger partial charge in [-0.05, 0) is 49.6 Å². The Morgan fingerprint density at radius 2 is 2.07 bits per heavy atom. The molecule has 2 aromatic carbocycles. The van der Waals surface area contributed by atoms with Crippen LogP contribution in [0.25, 0.3) is 10.9 Å². The number of benzene rings is 2. The van der Waals surface area contributed by atoms with Gasteiger partial charge in [-0.1, -0.05) is 34.1 Å². The van der Waals surface area contributed by atoms with E-state index in [-0.39, 0.29) is 6.04 Å². The van der Waals surface area contributed by atoms with Gasteiger partial charge in [0, 0.05) is 27.0 Å². The molecule has 3 N–H and O–H groups in total. The van der Waals surface area contributed by atoms with E-state index in [1.807, 2.05) is 37.3 Å². The number of aromatic nitrogens is 1. The van der Waals surface area contributed by atoms with Crippen molar-refractivity contribution in [1.82, 2.24) is 10.3 Å². The average Bonchev–Trinajstić information content (AvgIpc) is 3.09. The molecule has 0 radical (unpaired) electrons. The molecule has 0 aliphatic carbocycles. The van der Waals surface area contributed by atoms with Gasteiger partial charge in [-0.15, -0.1) is 0 Å². The second-order valence-corrected chi connectivity index (χ2v) is 8.36. The molecule has 0 saturated heterocycles. The number of hydrogen-bond acceptors (Lipinski definition) is 3. The van der Waals surface area contributed by atoms with Crippen LogP contribution in [0.5, 0.6) is 0 Å². The highest BCUT2D eigenvalue weighted by atomic mass is 79.9. The van der Waals surface area contributed by atoms with E-state index in [4.69, 9.17) is 0 Å². The second kappa shape index (κ2) is 5.93. The number of nitrogens with one attached hydrogen (secondary N) is 2. The zero-order valence-electron chi connectivity index (χ0n) is 15.1. The number of hydrogen-bond donors (Lipinski definition) is 3.